The van der Waals surface area contributed by atoms with E-state index < -0.39 is 0 Å². The van der Waals surface area contributed by atoms with Crippen LogP contribution in [0, 0.1) is 17.8 Å². The van der Waals surface area contributed by atoms with Crippen LogP contribution in [0.5, 0.6) is 0 Å². The molecule has 0 amide bonds. The van der Waals surface area contributed by atoms with E-state index in [4.69, 9.17) is 5.73 Å². The number of pyridine rings is 1. The average molecular weight is 268 g/mol. The van der Waals surface area contributed by atoms with Gasteiger partial charge in [0.15, 0.2) is 0 Å². The van der Waals surface area contributed by atoms with Crippen LogP contribution in [0.3, 0.4) is 0 Å². The topological polar surface area (TPSA) is 38.9 Å². The zero-order chi connectivity index (χ0) is 14.1. The van der Waals surface area contributed by atoms with Crippen molar-refractivity contribution < 1.29 is 0 Å². The molecule has 1 aromatic heterocycles. The highest BCUT2D eigenvalue weighted by atomic mass is 14.8. The van der Waals surface area contributed by atoms with Crippen molar-refractivity contribution in [2.24, 2.45) is 23.5 Å². The largest absolute Gasteiger partial charge is 0.322 e. The van der Waals surface area contributed by atoms with Crippen molar-refractivity contribution in [1.29, 1.82) is 0 Å². The van der Waals surface area contributed by atoms with Gasteiger partial charge in [0.1, 0.15) is 0 Å². The third-order valence-electron chi connectivity index (χ3n) is 5.17. The molecule has 20 heavy (non-hydrogen) atoms. The average Bonchev–Trinajstić information content (AvgIpc) is 2.49. The van der Waals surface area contributed by atoms with Crippen LogP contribution < -0.4 is 5.73 Å². The fourth-order valence-electron chi connectivity index (χ4n) is 3.55. The molecule has 1 fully saturated rings. The first kappa shape index (κ1) is 13.6. The van der Waals surface area contributed by atoms with Gasteiger partial charge < -0.3 is 5.73 Å². The predicted molar refractivity (Wildman–Crippen MR) is 84.3 cm³/mol. The predicted octanol–water partition coefficient (Wildman–Crippen LogP) is 4.31. The summed E-state index contributed by atoms with van der Waals surface area (Å²) in [6.07, 6.45) is 5.65. The van der Waals surface area contributed by atoms with Gasteiger partial charge in [-0.15, -0.1) is 0 Å². The zero-order valence-electron chi connectivity index (χ0n) is 12.4. The third-order valence-corrected chi connectivity index (χ3v) is 5.17. The van der Waals surface area contributed by atoms with E-state index in [9.17, 15) is 0 Å². The van der Waals surface area contributed by atoms with Gasteiger partial charge >= 0.3 is 0 Å². The lowest BCUT2D eigenvalue weighted by Gasteiger charge is -2.35. The molecule has 0 radical (unpaired) electrons. The first-order valence-electron chi connectivity index (χ1n) is 7.76. The second kappa shape index (κ2) is 5.53. The molecule has 106 valence electrons. The Morgan fingerprint density at radius 2 is 1.90 bits per heavy atom. The monoisotopic (exact) mass is 268 g/mol. The van der Waals surface area contributed by atoms with Crippen molar-refractivity contribution in [3.63, 3.8) is 0 Å². The summed E-state index contributed by atoms with van der Waals surface area (Å²) in [4.78, 5) is 4.60. The molecule has 1 heterocycles. The summed E-state index contributed by atoms with van der Waals surface area (Å²) in [6, 6.07) is 10.6. The molecule has 1 aliphatic carbocycles. The molecule has 0 bridgehead atoms. The van der Waals surface area contributed by atoms with Gasteiger partial charge in [0.25, 0.3) is 0 Å². The van der Waals surface area contributed by atoms with E-state index >= 15 is 0 Å². The van der Waals surface area contributed by atoms with Crippen LogP contribution in [0.2, 0.25) is 0 Å². The minimum absolute atomic E-state index is 0.0658. The van der Waals surface area contributed by atoms with E-state index in [-0.39, 0.29) is 6.04 Å². The molecule has 1 aromatic carbocycles. The van der Waals surface area contributed by atoms with Crippen LogP contribution >= 0.6 is 0 Å². The number of rotatable bonds is 2. The van der Waals surface area contributed by atoms with Gasteiger partial charge in [0.2, 0.25) is 0 Å². The molecule has 2 heteroatoms. The summed E-state index contributed by atoms with van der Waals surface area (Å²) in [7, 11) is 0. The molecule has 0 saturated heterocycles. The highest BCUT2D eigenvalue weighted by Gasteiger charge is 2.30. The van der Waals surface area contributed by atoms with Gasteiger partial charge in [-0.3, -0.25) is 4.98 Å². The fourth-order valence-corrected chi connectivity index (χ4v) is 3.55. The zero-order valence-corrected chi connectivity index (χ0v) is 12.4. The minimum atomic E-state index is 0.0658. The smallest absolute Gasteiger partial charge is 0.0651 e. The molecule has 4 atom stereocenters. The standard InChI is InChI=1S/C18H24N2/c1-12-7-8-15(11-13(12)2)17(19)18-16-6-4-3-5-14(16)9-10-20-18/h3-6,9-10,12-13,15,17H,7-8,11,19H2,1-2H3. The van der Waals surface area contributed by atoms with Crippen molar-refractivity contribution in [3.05, 3.63) is 42.2 Å². The highest BCUT2D eigenvalue weighted by Crippen LogP contribution is 2.39. The van der Waals surface area contributed by atoms with Crippen LogP contribution in [0.4, 0.5) is 0 Å². The minimum Gasteiger partial charge on any atom is -0.322 e. The summed E-state index contributed by atoms with van der Waals surface area (Å²) in [5.74, 6) is 2.17. The van der Waals surface area contributed by atoms with Crippen LogP contribution in [0.1, 0.15) is 44.8 Å². The van der Waals surface area contributed by atoms with Crippen LogP contribution in [-0.2, 0) is 0 Å². The molecule has 4 unspecified atom stereocenters. The van der Waals surface area contributed by atoms with Crippen molar-refractivity contribution >= 4 is 10.8 Å². The number of fused-ring (bicyclic) bond motifs is 1. The summed E-state index contributed by atoms with van der Waals surface area (Å²) >= 11 is 0. The van der Waals surface area contributed by atoms with Gasteiger partial charge in [-0.25, -0.2) is 0 Å². The molecule has 2 N–H and O–H groups in total. The lowest BCUT2D eigenvalue weighted by molar-refractivity contribution is 0.185. The SMILES string of the molecule is CC1CCC(C(N)c2nccc3ccccc23)CC1C. The molecule has 2 nitrogen and oxygen atoms in total. The Labute approximate surface area is 121 Å². The van der Waals surface area contributed by atoms with E-state index in [1.807, 2.05) is 6.20 Å². The number of nitrogens with two attached hydrogens (primary N) is 1. The Balaban J connectivity index is 1.91. The van der Waals surface area contributed by atoms with Crippen molar-refractivity contribution in [2.75, 3.05) is 0 Å². The van der Waals surface area contributed by atoms with E-state index in [2.05, 4.69) is 49.2 Å². The highest BCUT2D eigenvalue weighted by molar-refractivity contribution is 5.84. The number of nitrogens with zero attached hydrogens (tertiary/aromatic N) is 1. The third kappa shape index (κ3) is 2.45. The van der Waals surface area contributed by atoms with Gasteiger partial charge in [-0.1, -0.05) is 44.5 Å². The van der Waals surface area contributed by atoms with Crippen LogP contribution in [0.25, 0.3) is 10.8 Å². The van der Waals surface area contributed by atoms with Gasteiger partial charge in [0.05, 0.1) is 11.7 Å². The second-order valence-corrected chi connectivity index (χ2v) is 6.47. The van der Waals surface area contributed by atoms with E-state index in [1.165, 1.54) is 30.0 Å². The van der Waals surface area contributed by atoms with Gasteiger partial charge in [-0.2, -0.15) is 0 Å². The van der Waals surface area contributed by atoms with Crippen LogP contribution in [0.15, 0.2) is 36.5 Å². The lowest BCUT2D eigenvalue weighted by Crippen LogP contribution is -2.30. The van der Waals surface area contributed by atoms with Crippen molar-refractivity contribution in [3.8, 4) is 0 Å². The maximum absolute atomic E-state index is 6.58. The molecular weight excluding hydrogens is 244 g/mol. The Hall–Kier alpha value is -1.41. The Morgan fingerprint density at radius 3 is 2.70 bits per heavy atom. The molecule has 2 aromatic rings. The summed E-state index contributed by atoms with van der Waals surface area (Å²) in [5.41, 5.74) is 7.66. The van der Waals surface area contributed by atoms with Crippen LogP contribution in [-0.4, -0.2) is 4.98 Å². The number of aromatic nitrogens is 1. The maximum atomic E-state index is 6.58. The molecule has 1 aliphatic rings. The maximum Gasteiger partial charge on any atom is 0.0651 e. The quantitative estimate of drug-likeness (QED) is 0.881. The number of benzene rings is 1. The molecule has 1 saturated carbocycles. The Kier molecular flexibility index (Phi) is 3.75. The van der Waals surface area contributed by atoms with Crippen molar-refractivity contribution in [1.82, 2.24) is 4.98 Å². The van der Waals surface area contributed by atoms with Gasteiger partial charge in [-0.05, 0) is 42.0 Å². The number of hydrogen-bond donors (Lipinski definition) is 1. The number of hydrogen-bond acceptors (Lipinski definition) is 2. The molecular formula is C18H24N2. The first-order valence-corrected chi connectivity index (χ1v) is 7.76. The lowest BCUT2D eigenvalue weighted by atomic mass is 9.72. The summed E-state index contributed by atoms with van der Waals surface area (Å²) < 4.78 is 0. The first-order chi connectivity index (χ1) is 9.66. The summed E-state index contributed by atoms with van der Waals surface area (Å²) in [6.45, 7) is 4.72. The second-order valence-electron chi connectivity index (χ2n) is 6.47. The normalized spacial score (nSPS) is 28.4. The van der Waals surface area contributed by atoms with Gasteiger partial charge in [0, 0.05) is 11.6 Å². The van der Waals surface area contributed by atoms with E-state index in [1.54, 1.807) is 0 Å². The molecule has 0 aliphatic heterocycles. The Morgan fingerprint density at radius 1 is 1.10 bits per heavy atom. The van der Waals surface area contributed by atoms with E-state index in [0.717, 1.165) is 17.5 Å². The molecule has 3 rings (SSSR count). The Bertz CT molecular complexity index is 587. The van der Waals surface area contributed by atoms with Crippen molar-refractivity contribution in [2.45, 2.75) is 39.2 Å². The summed E-state index contributed by atoms with van der Waals surface area (Å²) in [5, 5.41) is 2.46. The fraction of sp³-hybridized carbons (Fsp3) is 0.500. The molecule has 0 spiro atoms. The van der Waals surface area contributed by atoms with E-state index in [0.29, 0.717) is 5.92 Å².